The lowest BCUT2D eigenvalue weighted by molar-refractivity contribution is -0.0829. The van der Waals surface area contributed by atoms with Gasteiger partial charge in [0.05, 0.1) is 12.2 Å². The van der Waals surface area contributed by atoms with Crippen molar-refractivity contribution in [1.29, 1.82) is 0 Å². The molecule has 0 unspecified atom stereocenters. The fourth-order valence-electron chi connectivity index (χ4n) is 2.57. The molecule has 2 saturated carbocycles. The van der Waals surface area contributed by atoms with Crippen LogP contribution in [0.5, 0.6) is 0 Å². The van der Waals surface area contributed by atoms with Crippen LogP contribution < -0.4 is 0 Å². The maximum absolute atomic E-state index is 9.85. The quantitative estimate of drug-likeness (QED) is 0.575. The summed E-state index contributed by atoms with van der Waals surface area (Å²) in [6.07, 6.45) is 3.21. The van der Waals surface area contributed by atoms with Gasteiger partial charge in [0.2, 0.25) is 0 Å². The summed E-state index contributed by atoms with van der Waals surface area (Å²) in [6, 6.07) is 0. The molecule has 0 saturated heterocycles. The van der Waals surface area contributed by atoms with E-state index in [9.17, 15) is 10.2 Å². The highest BCUT2D eigenvalue weighted by molar-refractivity contribution is 5.09. The molecule has 0 heterocycles. The minimum atomic E-state index is -0.267. The zero-order valence-electron chi connectivity index (χ0n) is 7.88. The minimum Gasteiger partial charge on any atom is -0.392 e. The highest BCUT2D eigenvalue weighted by atomic mass is 16.3. The molecule has 1 spiro atoms. The van der Waals surface area contributed by atoms with Crippen molar-refractivity contribution < 1.29 is 10.2 Å². The number of rotatable bonds is 0. The average Bonchev–Trinajstić information content (AvgIpc) is 2.59. The largest absolute Gasteiger partial charge is 0.392 e. The standard InChI is InChI=1S/C10H18O2/c1-9(2)5-7(11)10(3-4-10)8(12)6-9/h7-8,11-12H,3-6H2,1-2H3/t7-,8+. The van der Waals surface area contributed by atoms with Gasteiger partial charge in [-0.3, -0.25) is 0 Å². The maximum atomic E-state index is 9.85. The molecular weight excluding hydrogens is 152 g/mol. The average molecular weight is 170 g/mol. The predicted molar refractivity (Wildman–Crippen MR) is 46.7 cm³/mol. The van der Waals surface area contributed by atoms with E-state index in [1.165, 1.54) is 0 Å². The van der Waals surface area contributed by atoms with Gasteiger partial charge in [-0.05, 0) is 31.1 Å². The van der Waals surface area contributed by atoms with Crippen LogP contribution in [0.2, 0.25) is 0 Å². The van der Waals surface area contributed by atoms with E-state index in [0.717, 1.165) is 25.7 Å². The minimum absolute atomic E-state index is 0.0878. The molecule has 2 heteroatoms. The summed E-state index contributed by atoms with van der Waals surface area (Å²) in [5, 5.41) is 19.7. The first kappa shape index (κ1) is 8.52. The Kier molecular flexibility index (Phi) is 1.59. The molecule has 0 aromatic heterocycles. The third-order valence-electron chi connectivity index (χ3n) is 3.65. The Morgan fingerprint density at radius 1 is 1.00 bits per heavy atom. The molecule has 0 aromatic carbocycles. The van der Waals surface area contributed by atoms with Crippen molar-refractivity contribution in [3.63, 3.8) is 0 Å². The van der Waals surface area contributed by atoms with E-state index >= 15 is 0 Å². The lowest BCUT2D eigenvalue weighted by Crippen LogP contribution is -2.44. The van der Waals surface area contributed by atoms with Crippen molar-refractivity contribution in [1.82, 2.24) is 0 Å². The van der Waals surface area contributed by atoms with Crippen LogP contribution in [0.3, 0.4) is 0 Å². The van der Waals surface area contributed by atoms with E-state index < -0.39 is 0 Å². The van der Waals surface area contributed by atoms with Crippen LogP contribution in [0.1, 0.15) is 39.5 Å². The van der Waals surface area contributed by atoms with Crippen molar-refractivity contribution in [3.05, 3.63) is 0 Å². The second-order valence-electron chi connectivity index (χ2n) is 5.34. The number of hydrogen-bond acceptors (Lipinski definition) is 2. The third-order valence-corrected chi connectivity index (χ3v) is 3.65. The van der Waals surface area contributed by atoms with E-state index in [4.69, 9.17) is 0 Å². The summed E-state index contributed by atoms with van der Waals surface area (Å²) in [5.41, 5.74) is 0.0300. The van der Waals surface area contributed by atoms with Crippen LogP contribution in [0.4, 0.5) is 0 Å². The van der Waals surface area contributed by atoms with Crippen LogP contribution in [-0.4, -0.2) is 22.4 Å². The Hall–Kier alpha value is -0.0800. The SMILES string of the molecule is CC1(C)C[C@@H](O)C2(CC2)[C@@H](O)C1. The van der Waals surface area contributed by atoms with E-state index in [0.29, 0.717) is 0 Å². The highest BCUT2D eigenvalue weighted by Crippen LogP contribution is 2.59. The van der Waals surface area contributed by atoms with E-state index in [1.807, 2.05) is 0 Å². The molecule has 2 nitrogen and oxygen atoms in total. The van der Waals surface area contributed by atoms with Gasteiger partial charge in [-0.2, -0.15) is 0 Å². The summed E-state index contributed by atoms with van der Waals surface area (Å²) >= 11 is 0. The number of aliphatic hydroxyl groups is 2. The van der Waals surface area contributed by atoms with Crippen LogP contribution in [-0.2, 0) is 0 Å². The summed E-state index contributed by atoms with van der Waals surface area (Å²) in [4.78, 5) is 0. The van der Waals surface area contributed by atoms with Crippen LogP contribution in [0, 0.1) is 10.8 Å². The lowest BCUT2D eigenvalue weighted by Gasteiger charge is -2.42. The Bertz CT molecular complexity index is 178. The van der Waals surface area contributed by atoms with E-state index in [2.05, 4.69) is 13.8 Å². The first-order valence-electron chi connectivity index (χ1n) is 4.82. The Morgan fingerprint density at radius 3 is 1.75 bits per heavy atom. The maximum Gasteiger partial charge on any atom is 0.0626 e. The van der Waals surface area contributed by atoms with Crippen LogP contribution in [0.15, 0.2) is 0 Å². The molecule has 0 aromatic rings. The zero-order chi connectivity index (χ0) is 8.98. The fraction of sp³-hybridized carbons (Fsp3) is 1.00. The molecule has 70 valence electrons. The third kappa shape index (κ3) is 1.09. The molecule has 0 radical (unpaired) electrons. The van der Waals surface area contributed by atoms with Gasteiger partial charge in [-0.25, -0.2) is 0 Å². The van der Waals surface area contributed by atoms with Crippen molar-refractivity contribution in [2.24, 2.45) is 10.8 Å². The van der Waals surface area contributed by atoms with Gasteiger partial charge in [-0.15, -0.1) is 0 Å². The molecule has 2 atom stereocenters. The van der Waals surface area contributed by atoms with Gasteiger partial charge in [0.25, 0.3) is 0 Å². The summed E-state index contributed by atoms with van der Waals surface area (Å²) in [7, 11) is 0. The second-order valence-corrected chi connectivity index (χ2v) is 5.34. The number of hydrogen-bond donors (Lipinski definition) is 2. The zero-order valence-corrected chi connectivity index (χ0v) is 7.88. The first-order valence-corrected chi connectivity index (χ1v) is 4.82. The van der Waals surface area contributed by atoms with Crippen LogP contribution in [0.25, 0.3) is 0 Å². The molecule has 2 aliphatic rings. The Balaban J connectivity index is 2.15. The molecule has 12 heavy (non-hydrogen) atoms. The Morgan fingerprint density at radius 2 is 1.42 bits per heavy atom. The normalized spacial score (nSPS) is 43.0. The van der Waals surface area contributed by atoms with Crippen molar-refractivity contribution in [3.8, 4) is 0 Å². The molecule has 2 aliphatic carbocycles. The molecule has 0 amide bonds. The smallest absolute Gasteiger partial charge is 0.0626 e. The lowest BCUT2D eigenvalue weighted by atomic mass is 9.68. The van der Waals surface area contributed by atoms with Crippen LogP contribution >= 0.6 is 0 Å². The molecule has 2 N–H and O–H groups in total. The van der Waals surface area contributed by atoms with Crippen molar-refractivity contribution in [2.75, 3.05) is 0 Å². The van der Waals surface area contributed by atoms with E-state index in [-0.39, 0.29) is 23.0 Å². The highest BCUT2D eigenvalue weighted by Gasteiger charge is 2.58. The van der Waals surface area contributed by atoms with Gasteiger partial charge in [-0.1, -0.05) is 13.8 Å². The molecule has 2 fully saturated rings. The summed E-state index contributed by atoms with van der Waals surface area (Å²) < 4.78 is 0. The van der Waals surface area contributed by atoms with Gasteiger partial charge in [0, 0.05) is 5.41 Å². The molecule has 2 rings (SSSR count). The predicted octanol–water partition coefficient (Wildman–Crippen LogP) is 1.31. The van der Waals surface area contributed by atoms with Gasteiger partial charge in [0.1, 0.15) is 0 Å². The molecule has 0 aliphatic heterocycles. The summed E-state index contributed by atoms with van der Waals surface area (Å²) in [5.74, 6) is 0. The van der Waals surface area contributed by atoms with E-state index in [1.54, 1.807) is 0 Å². The Labute approximate surface area is 73.6 Å². The molecule has 0 bridgehead atoms. The fourth-order valence-corrected chi connectivity index (χ4v) is 2.57. The number of aliphatic hydroxyl groups excluding tert-OH is 2. The van der Waals surface area contributed by atoms with Crippen molar-refractivity contribution >= 4 is 0 Å². The topological polar surface area (TPSA) is 40.5 Å². The monoisotopic (exact) mass is 170 g/mol. The first-order chi connectivity index (χ1) is 5.46. The summed E-state index contributed by atoms with van der Waals surface area (Å²) in [6.45, 7) is 4.24. The van der Waals surface area contributed by atoms with Gasteiger partial charge in [0.15, 0.2) is 0 Å². The second kappa shape index (κ2) is 2.24. The van der Waals surface area contributed by atoms with Gasteiger partial charge >= 0.3 is 0 Å². The molecular formula is C10H18O2. The van der Waals surface area contributed by atoms with Crippen molar-refractivity contribution in [2.45, 2.75) is 51.7 Å². The van der Waals surface area contributed by atoms with Gasteiger partial charge < -0.3 is 10.2 Å².